The average molecular weight is 904 g/mol. The number of carboxylic acid groups (broad SMARTS) is 1. The van der Waals surface area contributed by atoms with Gasteiger partial charge in [-0.15, -0.1) is 0 Å². The van der Waals surface area contributed by atoms with E-state index < -0.39 is 42.1 Å². The van der Waals surface area contributed by atoms with Crippen LogP contribution in [0.3, 0.4) is 0 Å². The van der Waals surface area contributed by atoms with Gasteiger partial charge in [-0.05, 0) is 81.6 Å². The molecular weight excluding hydrogens is 823 g/mol. The number of hydrogen-bond donors (Lipinski definition) is 3. The standard InChI is InChI=1S/C52H81N5O8/c1-12-37(6)48(56(9)47(36(4)5)52(63)54-51(62)46(35(2)3)55(8)31-21-15-20-28-45(59)60)43(64-10)34-44(58)57-32-22-27-42(57)49(65-11)38(7)50(61)53-41(33-40-25-18-14-19-26-40)30-29-39-23-16-13-17-24-39/h13-14,16-19,23-26,29-30,35-38,41-43,46-49H,12,15,20-22,27-28,31-34H2,1-11H3,(H,53,61)(H,59,60)(H,54,62,63)/b30-29+/t37-,38+,41+,42-,43+,46-,47-,48-,49+/m0/s1. The Labute approximate surface area is 390 Å². The van der Waals surface area contributed by atoms with Crippen LogP contribution in [0.15, 0.2) is 66.7 Å². The van der Waals surface area contributed by atoms with Gasteiger partial charge < -0.3 is 24.8 Å². The number of carbonyl (C=O) groups is 5. The normalized spacial score (nSPS) is 18.1. The van der Waals surface area contributed by atoms with E-state index in [1.165, 1.54) is 0 Å². The molecule has 1 fully saturated rings. The van der Waals surface area contributed by atoms with Crippen LogP contribution < -0.4 is 10.6 Å². The number of amides is 4. The highest BCUT2D eigenvalue weighted by Crippen LogP contribution is 2.31. The lowest BCUT2D eigenvalue weighted by atomic mass is 9.87. The molecule has 1 heterocycles. The van der Waals surface area contributed by atoms with Crippen molar-refractivity contribution in [1.82, 2.24) is 25.3 Å². The maximum Gasteiger partial charge on any atom is 0.303 e. The van der Waals surface area contributed by atoms with Crippen molar-refractivity contribution in [3.05, 3.63) is 77.9 Å². The molecule has 2 aromatic rings. The lowest BCUT2D eigenvalue weighted by Gasteiger charge is -2.43. The second-order valence-corrected chi connectivity index (χ2v) is 18.8. The quantitative estimate of drug-likeness (QED) is 0.0754. The summed E-state index contributed by atoms with van der Waals surface area (Å²) in [6.07, 6.45) is 7.97. The van der Waals surface area contributed by atoms with Gasteiger partial charge in [0.15, 0.2) is 0 Å². The summed E-state index contributed by atoms with van der Waals surface area (Å²) in [7, 11) is 6.95. The summed E-state index contributed by atoms with van der Waals surface area (Å²) in [6.45, 7) is 15.0. The van der Waals surface area contributed by atoms with Crippen molar-refractivity contribution in [2.24, 2.45) is 23.7 Å². The number of hydrogen-bond acceptors (Lipinski definition) is 9. The Morgan fingerprint density at radius 2 is 1.45 bits per heavy atom. The molecular formula is C52H81N5O8. The van der Waals surface area contributed by atoms with Crippen molar-refractivity contribution in [1.29, 1.82) is 0 Å². The van der Waals surface area contributed by atoms with Crippen molar-refractivity contribution in [2.45, 2.75) is 149 Å². The van der Waals surface area contributed by atoms with Crippen molar-refractivity contribution in [3.63, 3.8) is 0 Å². The molecule has 0 aliphatic carbocycles. The molecule has 1 aliphatic heterocycles. The fourth-order valence-electron chi connectivity index (χ4n) is 9.71. The van der Waals surface area contributed by atoms with Crippen LogP contribution in [0.1, 0.15) is 111 Å². The predicted octanol–water partition coefficient (Wildman–Crippen LogP) is 7.09. The SMILES string of the molecule is CC[C@H](C)[C@@H]([C@@H](CC(=O)N1CCC[C@H]1[C@H](OC)[C@@H](C)C(=O)N[C@H](/C=C/c1ccccc1)Cc1ccccc1)OC)N(C)[C@H](C(=O)NC(=O)[C@H](C(C)C)N(C)CCCCCC(=O)O)C(C)C. The number of carbonyl (C=O) groups excluding carboxylic acids is 4. The minimum Gasteiger partial charge on any atom is -0.481 e. The van der Waals surface area contributed by atoms with Gasteiger partial charge in [0.25, 0.3) is 0 Å². The smallest absolute Gasteiger partial charge is 0.303 e. The summed E-state index contributed by atoms with van der Waals surface area (Å²) in [6, 6.07) is 17.8. The topological polar surface area (TPSA) is 158 Å². The van der Waals surface area contributed by atoms with Crippen LogP contribution in [0.5, 0.6) is 0 Å². The number of unbranched alkanes of at least 4 members (excludes halogenated alkanes) is 2. The first-order valence-corrected chi connectivity index (χ1v) is 23.9. The Morgan fingerprint density at radius 1 is 0.831 bits per heavy atom. The van der Waals surface area contributed by atoms with Gasteiger partial charge in [0.1, 0.15) is 0 Å². The Balaban J connectivity index is 1.77. The number of nitrogens with one attached hydrogen (secondary N) is 2. The Morgan fingerprint density at radius 3 is 2.02 bits per heavy atom. The lowest BCUT2D eigenvalue weighted by molar-refractivity contribution is -0.144. The van der Waals surface area contributed by atoms with Gasteiger partial charge in [-0.1, -0.05) is 134 Å². The van der Waals surface area contributed by atoms with Crippen LogP contribution in [0.4, 0.5) is 0 Å². The van der Waals surface area contributed by atoms with Crippen LogP contribution in [-0.4, -0.2) is 133 Å². The van der Waals surface area contributed by atoms with Gasteiger partial charge in [-0.3, -0.25) is 39.1 Å². The molecule has 0 spiro atoms. The zero-order valence-electron chi connectivity index (χ0n) is 41.2. The monoisotopic (exact) mass is 904 g/mol. The van der Waals surface area contributed by atoms with Crippen molar-refractivity contribution < 1.29 is 38.6 Å². The molecule has 9 atom stereocenters. The number of rotatable bonds is 28. The largest absolute Gasteiger partial charge is 0.481 e. The first-order valence-electron chi connectivity index (χ1n) is 23.9. The summed E-state index contributed by atoms with van der Waals surface area (Å²) in [5, 5.41) is 15.0. The second-order valence-electron chi connectivity index (χ2n) is 18.8. The van der Waals surface area contributed by atoms with E-state index in [2.05, 4.69) is 36.6 Å². The van der Waals surface area contributed by atoms with Crippen LogP contribution in [0.2, 0.25) is 0 Å². The number of methoxy groups -OCH3 is 2. The third-order valence-electron chi connectivity index (χ3n) is 13.2. The fraction of sp³-hybridized carbons (Fsp3) is 0.635. The van der Waals surface area contributed by atoms with Crippen molar-refractivity contribution in [2.75, 3.05) is 41.4 Å². The zero-order chi connectivity index (χ0) is 48.2. The maximum absolute atomic E-state index is 14.5. The van der Waals surface area contributed by atoms with E-state index in [0.29, 0.717) is 32.4 Å². The van der Waals surface area contributed by atoms with Crippen LogP contribution >= 0.6 is 0 Å². The molecule has 65 heavy (non-hydrogen) atoms. The van der Waals surface area contributed by atoms with Gasteiger partial charge in [0.2, 0.25) is 23.6 Å². The number of likely N-dealkylation sites (tertiary alicyclic amines) is 1. The van der Waals surface area contributed by atoms with E-state index >= 15 is 0 Å². The highest BCUT2D eigenvalue weighted by Gasteiger charge is 2.43. The number of imide groups is 1. The van der Waals surface area contributed by atoms with Gasteiger partial charge in [-0.2, -0.15) is 0 Å². The molecule has 1 aliphatic rings. The van der Waals surface area contributed by atoms with E-state index in [-0.39, 0.29) is 66.4 Å². The molecule has 3 rings (SSSR count). The first-order chi connectivity index (χ1) is 30.9. The molecule has 0 aromatic heterocycles. The number of ether oxygens (including phenoxy) is 2. The molecule has 2 aromatic carbocycles. The highest BCUT2D eigenvalue weighted by molar-refractivity contribution is 6.00. The summed E-state index contributed by atoms with van der Waals surface area (Å²) >= 11 is 0. The highest BCUT2D eigenvalue weighted by atomic mass is 16.5. The molecule has 0 radical (unpaired) electrons. The lowest BCUT2D eigenvalue weighted by Crippen LogP contribution is -2.60. The summed E-state index contributed by atoms with van der Waals surface area (Å²) in [5.41, 5.74) is 2.14. The summed E-state index contributed by atoms with van der Waals surface area (Å²) in [4.78, 5) is 73.4. The van der Waals surface area contributed by atoms with E-state index in [0.717, 1.165) is 36.8 Å². The Hall–Kier alpha value is -4.43. The van der Waals surface area contributed by atoms with Crippen molar-refractivity contribution in [3.8, 4) is 0 Å². The molecule has 0 bridgehead atoms. The minimum atomic E-state index is -0.819. The number of benzene rings is 2. The summed E-state index contributed by atoms with van der Waals surface area (Å²) < 4.78 is 12.3. The molecule has 13 heteroatoms. The number of nitrogens with zero attached hydrogens (tertiary/aromatic N) is 3. The predicted molar refractivity (Wildman–Crippen MR) is 258 cm³/mol. The third kappa shape index (κ3) is 16.7. The third-order valence-corrected chi connectivity index (χ3v) is 13.2. The average Bonchev–Trinajstić information content (AvgIpc) is 3.75. The summed E-state index contributed by atoms with van der Waals surface area (Å²) in [5.74, 6) is -2.67. The minimum absolute atomic E-state index is 0.0164. The first kappa shape index (κ1) is 54.9. The zero-order valence-corrected chi connectivity index (χ0v) is 41.2. The Bertz CT molecular complexity index is 1790. The molecule has 0 unspecified atom stereocenters. The molecule has 362 valence electrons. The molecule has 4 amide bonds. The van der Waals surface area contributed by atoms with E-state index in [9.17, 15) is 24.0 Å². The van der Waals surface area contributed by atoms with Crippen LogP contribution in [0, 0.1) is 23.7 Å². The number of carboxylic acids is 1. The van der Waals surface area contributed by atoms with Crippen LogP contribution in [0.25, 0.3) is 6.08 Å². The fourth-order valence-corrected chi connectivity index (χ4v) is 9.71. The van der Waals surface area contributed by atoms with Crippen LogP contribution in [-0.2, 0) is 39.9 Å². The molecule has 3 N–H and O–H groups in total. The van der Waals surface area contributed by atoms with Gasteiger partial charge >= 0.3 is 5.97 Å². The van der Waals surface area contributed by atoms with Gasteiger partial charge in [0.05, 0.1) is 48.7 Å². The number of likely N-dealkylation sites (N-methyl/N-ethyl adjacent to an activating group) is 2. The van der Waals surface area contributed by atoms with Gasteiger partial charge in [0, 0.05) is 33.2 Å². The van der Waals surface area contributed by atoms with E-state index in [4.69, 9.17) is 14.6 Å². The second kappa shape index (κ2) is 27.9. The molecule has 13 nitrogen and oxygen atoms in total. The molecule has 1 saturated heterocycles. The maximum atomic E-state index is 14.5. The van der Waals surface area contributed by atoms with E-state index in [1.54, 1.807) is 14.2 Å². The van der Waals surface area contributed by atoms with E-state index in [1.807, 2.05) is 124 Å². The van der Waals surface area contributed by atoms with Crippen molar-refractivity contribution >= 4 is 35.7 Å². The Kier molecular flexibility index (Phi) is 23.6. The number of aliphatic carboxylic acids is 1. The molecule has 0 saturated carbocycles. The van der Waals surface area contributed by atoms with Gasteiger partial charge in [-0.25, -0.2) is 0 Å².